The Balaban J connectivity index is 1.80. The molecule has 2 aromatic rings. The molecule has 1 amide bonds. The maximum atomic E-state index is 12.7. The molecule has 0 bridgehead atoms. The number of rotatable bonds is 3. The number of pyridine rings is 1. The summed E-state index contributed by atoms with van der Waals surface area (Å²) < 4.78 is 1.35. The number of carbonyl (C=O) groups excluding carboxylic acids is 1. The van der Waals surface area contributed by atoms with Gasteiger partial charge in [0.2, 0.25) is 0 Å². The first kappa shape index (κ1) is 17.3. The molecule has 1 saturated carbocycles. The molecule has 0 saturated heterocycles. The van der Waals surface area contributed by atoms with E-state index in [2.05, 4.69) is 0 Å². The van der Waals surface area contributed by atoms with E-state index >= 15 is 0 Å². The molecule has 0 radical (unpaired) electrons. The summed E-state index contributed by atoms with van der Waals surface area (Å²) in [5, 5.41) is 9.71. The molecule has 1 aliphatic rings. The van der Waals surface area contributed by atoms with Crippen LogP contribution in [-0.2, 0) is 7.05 Å². The average Bonchev–Trinajstić information content (AvgIpc) is 2.65. The Kier molecular flexibility index (Phi) is 4.93. The van der Waals surface area contributed by atoms with E-state index in [0.29, 0.717) is 11.6 Å². The first-order chi connectivity index (χ1) is 12.0. The molecule has 0 unspecified atom stereocenters. The van der Waals surface area contributed by atoms with Crippen LogP contribution in [0.4, 0.5) is 0 Å². The number of carbonyl (C=O) groups is 1. The minimum absolute atomic E-state index is 0.0433. The average molecular weight is 340 g/mol. The van der Waals surface area contributed by atoms with E-state index in [4.69, 9.17) is 0 Å². The number of aromatic hydroxyl groups is 1. The predicted octanol–water partition coefficient (Wildman–Crippen LogP) is 3.16. The van der Waals surface area contributed by atoms with Gasteiger partial charge in [0, 0.05) is 37.5 Å². The third-order valence-corrected chi connectivity index (χ3v) is 5.07. The summed E-state index contributed by atoms with van der Waals surface area (Å²) in [6, 6.07) is 9.09. The second-order valence-corrected chi connectivity index (χ2v) is 6.82. The maximum absolute atomic E-state index is 12.7. The van der Waals surface area contributed by atoms with E-state index in [1.807, 2.05) is 24.1 Å². The van der Waals surface area contributed by atoms with Gasteiger partial charge in [-0.2, -0.15) is 0 Å². The van der Waals surface area contributed by atoms with Gasteiger partial charge in [-0.3, -0.25) is 9.59 Å². The number of aryl methyl sites for hydroxylation is 1. The number of benzene rings is 1. The summed E-state index contributed by atoms with van der Waals surface area (Å²) in [5.41, 5.74) is 1.82. The van der Waals surface area contributed by atoms with E-state index in [9.17, 15) is 14.7 Å². The van der Waals surface area contributed by atoms with Crippen LogP contribution >= 0.6 is 0 Å². The minimum atomic E-state index is -0.426. The lowest BCUT2D eigenvalue weighted by Gasteiger charge is -2.31. The third kappa shape index (κ3) is 3.60. The molecule has 0 spiro atoms. The van der Waals surface area contributed by atoms with Crippen LogP contribution in [0.1, 0.15) is 42.5 Å². The Bertz CT molecular complexity index is 792. The number of nitrogens with zero attached hydrogens (tertiary/aromatic N) is 2. The molecule has 1 fully saturated rings. The van der Waals surface area contributed by atoms with E-state index < -0.39 is 5.56 Å². The van der Waals surface area contributed by atoms with Crippen molar-refractivity contribution in [3.63, 3.8) is 0 Å². The molecule has 1 aromatic carbocycles. The van der Waals surface area contributed by atoms with Gasteiger partial charge in [-0.25, -0.2) is 0 Å². The number of aromatic nitrogens is 1. The van der Waals surface area contributed by atoms with Crippen molar-refractivity contribution in [3.05, 3.63) is 52.4 Å². The van der Waals surface area contributed by atoms with Gasteiger partial charge in [0.15, 0.2) is 5.75 Å². The smallest absolute Gasteiger partial charge is 0.292 e. The number of hydrogen-bond donors (Lipinski definition) is 1. The van der Waals surface area contributed by atoms with Gasteiger partial charge in [-0.15, -0.1) is 0 Å². The van der Waals surface area contributed by atoms with Crippen LogP contribution in [0.25, 0.3) is 11.1 Å². The SMILES string of the molecule is CN(C(=O)c1ccc(-c2cc(O)c(=O)n(C)c2)cc1)C1CCCCC1. The standard InChI is InChI=1S/C20H24N2O3/c1-21-13-16(12-18(23)20(21)25)14-8-10-15(11-9-14)19(24)22(2)17-6-4-3-5-7-17/h8-13,17,23H,3-7H2,1-2H3. The lowest BCUT2D eigenvalue weighted by molar-refractivity contribution is 0.0696. The predicted molar refractivity (Wildman–Crippen MR) is 97.8 cm³/mol. The molecule has 5 heteroatoms. The Morgan fingerprint density at radius 1 is 1.12 bits per heavy atom. The Hall–Kier alpha value is -2.56. The molecule has 25 heavy (non-hydrogen) atoms. The zero-order chi connectivity index (χ0) is 18.0. The Morgan fingerprint density at radius 3 is 2.36 bits per heavy atom. The molecular formula is C20H24N2O3. The summed E-state index contributed by atoms with van der Waals surface area (Å²) in [5.74, 6) is -0.237. The first-order valence-electron chi connectivity index (χ1n) is 8.74. The molecule has 132 valence electrons. The molecule has 0 aliphatic heterocycles. The zero-order valence-electron chi connectivity index (χ0n) is 14.7. The summed E-state index contributed by atoms with van der Waals surface area (Å²) in [6.45, 7) is 0. The second kappa shape index (κ2) is 7.13. The Labute approximate surface area is 147 Å². The van der Waals surface area contributed by atoms with Gasteiger partial charge < -0.3 is 14.6 Å². The highest BCUT2D eigenvalue weighted by Crippen LogP contribution is 2.25. The largest absolute Gasteiger partial charge is 0.503 e. The van der Waals surface area contributed by atoms with Crippen molar-refractivity contribution in [2.75, 3.05) is 7.05 Å². The van der Waals surface area contributed by atoms with Crippen LogP contribution in [0.2, 0.25) is 0 Å². The van der Waals surface area contributed by atoms with Crippen molar-refractivity contribution >= 4 is 5.91 Å². The van der Waals surface area contributed by atoms with Crippen LogP contribution in [-0.4, -0.2) is 33.6 Å². The highest BCUT2D eigenvalue weighted by Gasteiger charge is 2.22. The molecule has 1 heterocycles. The second-order valence-electron chi connectivity index (χ2n) is 6.82. The summed E-state index contributed by atoms with van der Waals surface area (Å²) in [6.07, 6.45) is 7.48. The van der Waals surface area contributed by atoms with Crippen molar-refractivity contribution in [3.8, 4) is 16.9 Å². The third-order valence-electron chi connectivity index (χ3n) is 5.07. The van der Waals surface area contributed by atoms with Crippen LogP contribution in [0, 0.1) is 0 Å². The highest BCUT2D eigenvalue weighted by molar-refractivity contribution is 5.94. The van der Waals surface area contributed by atoms with E-state index in [0.717, 1.165) is 24.0 Å². The van der Waals surface area contributed by atoms with Gasteiger partial charge >= 0.3 is 0 Å². The van der Waals surface area contributed by atoms with E-state index in [-0.39, 0.29) is 11.7 Å². The van der Waals surface area contributed by atoms with Gasteiger partial charge in [-0.1, -0.05) is 31.4 Å². The van der Waals surface area contributed by atoms with E-state index in [1.54, 1.807) is 25.4 Å². The topological polar surface area (TPSA) is 62.5 Å². The van der Waals surface area contributed by atoms with Crippen LogP contribution in [0.3, 0.4) is 0 Å². The lowest BCUT2D eigenvalue weighted by atomic mass is 9.94. The fourth-order valence-corrected chi connectivity index (χ4v) is 3.50. The van der Waals surface area contributed by atoms with Crippen molar-refractivity contribution < 1.29 is 9.90 Å². The van der Waals surface area contributed by atoms with Gasteiger partial charge in [-0.05, 0) is 36.6 Å². The number of hydrogen-bond acceptors (Lipinski definition) is 3. The normalized spacial score (nSPS) is 15.1. The van der Waals surface area contributed by atoms with Gasteiger partial charge in [0.25, 0.3) is 11.5 Å². The first-order valence-corrected chi connectivity index (χ1v) is 8.74. The van der Waals surface area contributed by atoms with Crippen LogP contribution in [0.15, 0.2) is 41.3 Å². The van der Waals surface area contributed by atoms with Crippen LogP contribution in [0.5, 0.6) is 5.75 Å². The molecule has 5 nitrogen and oxygen atoms in total. The summed E-state index contributed by atoms with van der Waals surface area (Å²) in [4.78, 5) is 26.1. The molecule has 1 N–H and O–H groups in total. The molecule has 1 aromatic heterocycles. The van der Waals surface area contributed by atoms with Crippen molar-refractivity contribution in [1.82, 2.24) is 9.47 Å². The molecule has 3 rings (SSSR count). The fourth-order valence-electron chi connectivity index (χ4n) is 3.50. The van der Waals surface area contributed by atoms with Gasteiger partial charge in [0.05, 0.1) is 0 Å². The number of amides is 1. The molecule has 0 atom stereocenters. The quantitative estimate of drug-likeness (QED) is 0.933. The fraction of sp³-hybridized carbons (Fsp3) is 0.400. The molecular weight excluding hydrogens is 316 g/mol. The van der Waals surface area contributed by atoms with Crippen molar-refractivity contribution in [1.29, 1.82) is 0 Å². The monoisotopic (exact) mass is 340 g/mol. The van der Waals surface area contributed by atoms with Crippen molar-refractivity contribution in [2.45, 2.75) is 38.1 Å². The summed E-state index contributed by atoms with van der Waals surface area (Å²) in [7, 11) is 3.49. The zero-order valence-corrected chi connectivity index (χ0v) is 14.7. The lowest BCUT2D eigenvalue weighted by Crippen LogP contribution is -2.38. The van der Waals surface area contributed by atoms with Crippen molar-refractivity contribution in [2.24, 2.45) is 7.05 Å². The highest BCUT2D eigenvalue weighted by atomic mass is 16.3. The minimum Gasteiger partial charge on any atom is -0.503 e. The van der Waals surface area contributed by atoms with Crippen LogP contribution < -0.4 is 5.56 Å². The summed E-state index contributed by atoms with van der Waals surface area (Å²) >= 11 is 0. The van der Waals surface area contributed by atoms with Gasteiger partial charge in [0.1, 0.15) is 0 Å². The maximum Gasteiger partial charge on any atom is 0.292 e. The Morgan fingerprint density at radius 2 is 1.76 bits per heavy atom. The van der Waals surface area contributed by atoms with E-state index in [1.165, 1.54) is 29.9 Å². The molecule has 1 aliphatic carbocycles.